The molecule has 0 N–H and O–H groups in total. The Hall–Kier alpha value is -1.10. The molecule has 0 spiro atoms. The smallest absolute Gasteiger partial charge is 0.311 e. The maximum Gasteiger partial charge on any atom is 0.311 e. The van der Waals surface area contributed by atoms with Crippen molar-refractivity contribution in [1.82, 2.24) is 0 Å². The molecule has 0 aromatic heterocycles. The highest BCUT2D eigenvalue weighted by atomic mass is 16.6. The van der Waals surface area contributed by atoms with Gasteiger partial charge in [-0.2, -0.15) is 0 Å². The number of hydrogen-bond donors (Lipinski definition) is 0. The predicted molar refractivity (Wildman–Crippen MR) is 53.2 cm³/mol. The van der Waals surface area contributed by atoms with Crippen molar-refractivity contribution >= 4 is 12.4 Å². The summed E-state index contributed by atoms with van der Waals surface area (Å²) in [5, 5.41) is 0. The number of hydrogen-bond acceptors (Lipinski definition) is 5. The van der Waals surface area contributed by atoms with Gasteiger partial charge in [0.05, 0.1) is 12.0 Å². The molecule has 1 atom stereocenters. The van der Waals surface area contributed by atoms with E-state index in [9.17, 15) is 9.59 Å². The van der Waals surface area contributed by atoms with Crippen LogP contribution in [0.2, 0.25) is 0 Å². The van der Waals surface area contributed by atoms with E-state index in [4.69, 9.17) is 9.47 Å². The summed E-state index contributed by atoms with van der Waals surface area (Å²) in [6.45, 7) is 5.79. The maximum atomic E-state index is 11.4. The molecule has 1 unspecified atom stereocenters. The van der Waals surface area contributed by atoms with Crippen molar-refractivity contribution < 1.29 is 23.8 Å². The zero-order valence-electron chi connectivity index (χ0n) is 9.61. The van der Waals surface area contributed by atoms with Gasteiger partial charge in [-0.1, -0.05) is 0 Å². The lowest BCUT2D eigenvalue weighted by molar-refractivity contribution is -0.161. The van der Waals surface area contributed by atoms with Gasteiger partial charge < -0.3 is 14.2 Å². The Bertz CT molecular complexity index is 206. The molecule has 5 nitrogen and oxygen atoms in total. The summed E-state index contributed by atoms with van der Waals surface area (Å²) in [6, 6.07) is 0. The van der Waals surface area contributed by atoms with Crippen LogP contribution in [-0.2, 0) is 23.8 Å². The molecule has 0 radical (unpaired) electrons. The van der Waals surface area contributed by atoms with Gasteiger partial charge in [0.2, 0.25) is 0 Å². The van der Waals surface area contributed by atoms with Crippen LogP contribution in [0.4, 0.5) is 0 Å². The summed E-state index contributed by atoms with van der Waals surface area (Å²) in [5.41, 5.74) is -0.557. The van der Waals surface area contributed by atoms with Crippen molar-refractivity contribution in [3.63, 3.8) is 0 Å². The fraction of sp³-hybridized carbons (Fsp3) is 0.800. The fourth-order valence-corrected chi connectivity index (χ4v) is 0.776. The molecule has 0 aromatic rings. The molecule has 5 heteroatoms. The van der Waals surface area contributed by atoms with Crippen LogP contribution in [0.25, 0.3) is 0 Å². The highest BCUT2D eigenvalue weighted by Gasteiger charge is 2.24. The van der Waals surface area contributed by atoms with Crippen LogP contribution < -0.4 is 0 Å². The Labute approximate surface area is 89.7 Å². The lowest BCUT2D eigenvalue weighted by atomic mass is 9.97. The fourth-order valence-electron chi connectivity index (χ4n) is 0.776. The first-order chi connectivity index (χ1) is 6.91. The second kappa shape index (κ2) is 6.40. The van der Waals surface area contributed by atoms with E-state index in [0.29, 0.717) is 6.47 Å². The van der Waals surface area contributed by atoms with Crippen molar-refractivity contribution in [2.45, 2.75) is 26.9 Å². The zero-order valence-corrected chi connectivity index (χ0v) is 9.61. The standard InChI is InChI=1S/C10H18O5/c1-10(2,3)9(12)14-6-8(5-13-4)15-7-11/h7-8H,5-6H2,1-4H3. The van der Waals surface area contributed by atoms with Crippen LogP contribution in [0.15, 0.2) is 0 Å². The molecule has 0 saturated heterocycles. The molecule has 0 aliphatic heterocycles. The van der Waals surface area contributed by atoms with E-state index in [1.165, 1.54) is 7.11 Å². The molecule has 0 saturated carbocycles. The molecule has 0 rings (SSSR count). The van der Waals surface area contributed by atoms with Crippen LogP contribution in [0.1, 0.15) is 20.8 Å². The van der Waals surface area contributed by atoms with Crippen molar-refractivity contribution in [3.8, 4) is 0 Å². The highest BCUT2D eigenvalue weighted by Crippen LogP contribution is 2.15. The van der Waals surface area contributed by atoms with Gasteiger partial charge >= 0.3 is 5.97 Å². The summed E-state index contributed by atoms with van der Waals surface area (Å²) in [6.07, 6.45) is -0.543. The molecular weight excluding hydrogens is 200 g/mol. The van der Waals surface area contributed by atoms with Crippen LogP contribution in [0, 0.1) is 5.41 Å². The number of carbonyl (C=O) groups is 2. The topological polar surface area (TPSA) is 61.8 Å². The van der Waals surface area contributed by atoms with E-state index < -0.39 is 11.5 Å². The Morgan fingerprint density at radius 2 is 1.93 bits per heavy atom. The Balaban J connectivity index is 3.98. The molecule has 0 aliphatic rings. The van der Waals surface area contributed by atoms with Gasteiger partial charge in [0.15, 0.2) is 6.10 Å². The number of methoxy groups -OCH3 is 1. The number of esters is 1. The highest BCUT2D eigenvalue weighted by molar-refractivity contribution is 5.75. The third-order valence-corrected chi connectivity index (χ3v) is 1.61. The molecule has 0 fully saturated rings. The SMILES string of the molecule is COCC(COC(=O)C(C)(C)C)OC=O. The van der Waals surface area contributed by atoms with Gasteiger partial charge in [-0.05, 0) is 20.8 Å². The number of carbonyl (C=O) groups excluding carboxylic acids is 2. The van der Waals surface area contributed by atoms with Gasteiger partial charge in [-0.25, -0.2) is 0 Å². The molecule has 0 aliphatic carbocycles. The van der Waals surface area contributed by atoms with Gasteiger partial charge in [0.1, 0.15) is 6.61 Å². The largest absolute Gasteiger partial charge is 0.461 e. The number of rotatable bonds is 6. The number of ether oxygens (including phenoxy) is 3. The summed E-state index contributed by atoms with van der Waals surface area (Å²) in [7, 11) is 1.48. The van der Waals surface area contributed by atoms with E-state index in [1.807, 2.05) is 0 Å². The molecule has 15 heavy (non-hydrogen) atoms. The Kier molecular flexibility index (Phi) is 5.93. The van der Waals surface area contributed by atoms with Crippen LogP contribution in [0.5, 0.6) is 0 Å². The molecule has 0 heterocycles. The molecule has 0 bridgehead atoms. The van der Waals surface area contributed by atoms with E-state index in [0.717, 1.165) is 0 Å². The summed E-state index contributed by atoms with van der Waals surface area (Å²) >= 11 is 0. The quantitative estimate of drug-likeness (QED) is 0.486. The second-order valence-corrected chi connectivity index (χ2v) is 4.16. The molecule has 0 amide bonds. The average molecular weight is 218 g/mol. The lowest BCUT2D eigenvalue weighted by Gasteiger charge is -2.19. The maximum absolute atomic E-state index is 11.4. The zero-order chi connectivity index (χ0) is 11.9. The van der Waals surface area contributed by atoms with Gasteiger partial charge in [0, 0.05) is 7.11 Å². The average Bonchev–Trinajstić information content (AvgIpc) is 2.12. The van der Waals surface area contributed by atoms with Gasteiger partial charge in [-0.3, -0.25) is 9.59 Å². The third-order valence-electron chi connectivity index (χ3n) is 1.61. The van der Waals surface area contributed by atoms with E-state index >= 15 is 0 Å². The Morgan fingerprint density at radius 1 is 1.33 bits per heavy atom. The summed E-state index contributed by atoms with van der Waals surface area (Å²) in [4.78, 5) is 21.5. The van der Waals surface area contributed by atoms with E-state index in [-0.39, 0.29) is 19.2 Å². The minimum atomic E-state index is -0.557. The van der Waals surface area contributed by atoms with E-state index in [2.05, 4.69) is 4.74 Å². The normalized spacial score (nSPS) is 13.1. The van der Waals surface area contributed by atoms with Crippen LogP contribution in [0.3, 0.4) is 0 Å². The molecule has 88 valence electrons. The van der Waals surface area contributed by atoms with Crippen molar-refractivity contribution in [1.29, 1.82) is 0 Å². The first kappa shape index (κ1) is 13.9. The van der Waals surface area contributed by atoms with Crippen molar-refractivity contribution in [2.24, 2.45) is 5.41 Å². The Morgan fingerprint density at radius 3 is 2.33 bits per heavy atom. The second-order valence-electron chi connectivity index (χ2n) is 4.16. The first-order valence-corrected chi connectivity index (χ1v) is 4.67. The van der Waals surface area contributed by atoms with Gasteiger partial charge in [-0.15, -0.1) is 0 Å². The van der Waals surface area contributed by atoms with Gasteiger partial charge in [0.25, 0.3) is 6.47 Å². The molecular formula is C10H18O5. The van der Waals surface area contributed by atoms with E-state index in [1.54, 1.807) is 20.8 Å². The molecule has 0 aromatic carbocycles. The monoisotopic (exact) mass is 218 g/mol. The summed E-state index contributed by atoms with van der Waals surface area (Å²) < 4.78 is 14.4. The minimum Gasteiger partial charge on any atom is -0.461 e. The van der Waals surface area contributed by atoms with Crippen molar-refractivity contribution in [3.05, 3.63) is 0 Å². The third kappa shape index (κ3) is 6.06. The summed E-state index contributed by atoms with van der Waals surface area (Å²) in [5.74, 6) is -0.335. The predicted octanol–water partition coefficient (Wildman–Crippen LogP) is 0.764. The first-order valence-electron chi connectivity index (χ1n) is 4.67. The van der Waals surface area contributed by atoms with Crippen LogP contribution in [-0.4, -0.2) is 38.9 Å². The van der Waals surface area contributed by atoms with Crippen molar-refractivity contribution in [2.75, 3.05) is 20.3 Å². The minimum absolute atomic E-state index is 0.0166. The lowest BCUT2D eigenvalue weighted by Crippen LogP contribution is -2.30. The van der Waals surface area contributed by atoms with Crippen LogP contribution >= 0.6 is 0 Å².